The van der Waals surface area contributed by atoms with Crippen molar-refractivity contribution in [3.63, 3.8) is 0 Å². The van der Waals surface area contributed by atoms with Crippen LogP contribution >= 0.6 is 0 Å². The van der Waals surface area contributed by atoms with Crippen LogP contribution in [0.4, 0.5) is 27.6 Å². The molecule has 0 spiro atoms. The molecule has 0 fully saturated rings. The third-order valence-electron chi connectivity index (χ3n) is 2.82. The van der Waals surface area contributed by atoms with E-state index in [1.165, 1.54) is 14.2 Å². The van der Waals surface area contributed by atoms with E-state index in [1.54, 1.807) is 0 Å². The van der Waals surface area contributed by atoms with E-state index in [9.17, 15) is 26.7 Å². The molecule has 0 saturated carbocycles. The predicted molar refractivity (Wildman–Crippen MR) is 66.1 cm³/mol. The normalized spacial score (nSPS) is 11.8. The first-order valence-electron chi connectivity index (χ1n) is 5.85. The zero-order valence-corrected chi connectivity index (χ0v) is 12.3. The average molecular weight is 331 g/mol. The Balaban J connectivity index is 2.73. The molecule has 0 saturated heterocycles. The maximum absolute atomic E-state index is 13.3. The highest BCUT2D eigenvalue weighted by Crippen LogP contribution is 2.27. The minimum Gasteiger partial charge on any atom is -0.390 e. The first-order valence-corrected chi connectivity index (χ1v) is 7.82. The van der Waals surface area contributed by atoms with Crippen LogP contribution in [0.2, 0.25) is 6.04 Å². The molecule has 120 valence electrons. The van der Waals surface area contributed by atoms with Gasteiger partial charge >= 0.3 is 8.80 Å². The van der Waals surface area contributed by atoms with Crippen molar-refractivity contribution in [2.24, 2.45) is 0 Å². The second kappa shape index (κ2) is 7.16. The minimum absolute atomic E-state index is 0.0579. The van der Waals surface area contributed by atoms with Gasteiger partial charge in [0.25, 0.3) is 0 Å². The molecule has 0 amide bonds. The molecular weight excluding hydrogens is 317 g/mol. The van der Waals surface area contributed by atoms with Crippen molar-refractivity contribution in [2.75, 3.05) is 26.1 Å². The Morgan fingerprint density at radius 1 is 0.905 bits per heavy atom. The number of benzene rings is 1. The SMILES string of the molecule is CO[Si](O)(CCCNc1c(F)c(F)c(F)c(F)c1F)OC. The molecule has 0 bridgehead atoms. The van der Waals surface area contributed by atoms with Crippen molar-refractivity contribution < 1.29 is 35.6 Å². The van der Waals surface area contributed by atoms with E-state index in [0.717, 1.165) is 0 Å². The Morgan fingerprint density at radius 2 is 1.33 bits per heavy atom. The smallest absolute Gasteiger partial charge is 0.390 e. The lowest BCUT2D eigenvalue weighted by Crippen LogP contribution is -2.40. The molecule has 0 aliphatic carbocycles. The Hall–Kier alpha value is -1.23. The summed E-state index contributed by atoms with van der Waals surface area (Å²) in [4.78, 5) is 9.71. The number of hydrogen-bond acceptors (Lipinski definition) is 4. The molecule has 0 aliphatic heterocycles. The molecule has 2 N–H and O–H groups in total. The molecule has 0 radical (unpaired) electrons. The number of anilines is 1. The van der Waals surface area contributed by atoms with Crippen molar-refractivity contribution in [3.05, 3.63) is 29.1 Å². The summed E-state index contributed by atoms with van der Waals surface area (Å²) in [5, 5.41) is 2.11. The summed E-state index contributed by atoms with van der Waals surface area (Å²) >= 11 is 0. The summed E-state index contributed by atoms with van der Waals surface area (Å²) in [5.74, 6) is -10.1. The lowest BCUT2D eigenvalue weighted by molar-refractivity contribution is 0.151. The van der Waals surface area contributed by atoms with E-state index >= 15 is 0 Å². The third-order valence-corrected chi connectivity index (χ3v) is 5.08. The summed E-state index contributed by atoms with van der Waals surface area (Å²) in [6.07, 6.45) is 0.143. The van der Waals surface area contributed by atoms with Gasteiger partial charge in [0.15, 0.2) is 23.3 Å². The van der Waals surface area contributed by atoms with Gasteiger partial charge in [-0.15, -0.1) is 0 Å². The topological polar surface area (TPSA) is 50.7 Å². The highest BCUT2D eigenvalue weighted by atomic mass is 28.4. The van der Waals surface area contributed by atoms with Crippen LogP contribution in [-0.2, 0) is 8.85 Å². The molecule has 1 rings (SSSR count). The first kappa shape index (κ1) is 17.8. The van der Waals surface area contributed by atoms with Crippen molar-refractivity contribution in [1.29, 1.82) is 0 Å². The molecule has 0 unspecified atom stereocenters. The predicted octanol–water partition coefficient (Wildman–Crippen LogP) is 2.41. The molecule has 1 aromatic carbocycles. The zero-order chi connectivity index (χ0) is 16.2. The van der Waals surface area contributed by atoms with E-state index in [-0.39, 0.29) is 19.0 Å². The fourth-order valence-corrected chi connectivity index (χ4v) is 2.77. The summed E-state index contributed by atoms with van der Waals surface area (Å²) in [5.41, 5.74) is -1.11. The van der Waals surface area contributed by atoms with E-state index in [2.05, 4.69) is 5.32 Å². The molecule has 0 aromatic heterocycles. The second-order valence-corrected chi connectivity index (χ2v) is 6.84. The van der Waals surface area contributed by atoms with E-state index in [0.29, 0.717) is 0 Å². The molecule has 4 nitrogen and oxygen atoms in total. The standard InChI is InChI=1S/C11H14F5NO3Si/c1-19-21(18,20-2)5-3-4-17-11-9(15)7(13)6(12)8(14)10(11)16/h17-18H,3-5H2,1-2H3. The average Bonchev–Trinajstić information content (AvgIpc) is 2.50. The molecular formula is C11H14F5NO3Si. The molecule has 0 heterocycles. The number of halogens is 5. The molecule has 1 aromatic rings. The molecule has 21 heavy (non-hydrogen) atoms. The monoisotopic (exact) mass is 331 g/mol. The third kappa shape index (κ3) is 3.90. The van der Waals surface area contributed by atoms with Crippen LogP contribution in [-0.4, -0.2) is 34.4 Å². The molecule has 0 atom stereocenters. The fourth-order valence-electron chi connectivity index (χ4n) is 1.57. The van der Waals surface area contributed by atoms with Crippen molar-refractivity contribution >= 4 is 14.5 Å². The Bertz CT molecular complexity index is 484. The van der Waals surface area contributed by atoms with Crippen LogP contribution in [0.25, 0.3) is 0 Å². The fraction of sp³-hybridized carbons (Fsp3) is 0.455. The Morgan fingerprint density at radius 3 is 1.76 bits per heavy atom. The quantitative estimate of drug-likeness (QED) is 0.265. The van der Waals surface area contributed by atoms with Crippen LogP contribution in [0.15, 0.2) is 0 Å². The Labute approximate surface area is 118 Å². The van der Waals surface area contributed by atoms with Crippen LogP contribution < -0.4 is 5.32 Å². The van der Waals surface area contributed by atoms with Gasteiger partial charge in [-0.3, -0.25) is 0 Å². The highest BCUT2D eigenvalue weighted by molar-refractivity contribution is 6.59. The zero-order valence-electron chi connectivity index (χ0n) is 11.3. The van der Waals surface area contributed by atoms with Crippen LogP contribution in [0.3, 0.4) is 0 Å². The number of nitrogens with one attached hydrogen (secondary N) is 1. The lowest BCUT2D eigenvalue weighted by atomic mass is 10.2. The van der Waals surface area contributed by atoms with Crippen LogP contribution in [0.5, 0.6) is 0 Å². The van der Waals surface area contributed by atoms with Crippen LogP contribution in [0, 0.1) is 29.1 Å². The van der Waals surface area contributed by atoms with Gasteiger partial charge in [0, 0.05) is 26.8 Å². The van der Waals surface area contributed by atoms with Crippen LogP contribution in [0.1, 0.15) is 6.42 Å². The van der Waals surface area contributed by atoms with Gasteiger partial charge in [-0.05, 0) is 6.42 Å². The van der Waals surface area contributed by atoms with Gasteiger partial charge in [-0.25, -0.2) is 22.0 Å². The van der Waals surface area contributed by atoms with Crippen molar-refractivity contribution in [1.82, 2.24) is 0 Å². The van der Waals surface area contributed by atoms with Gasteiger partial charge in [0.05, 0.1) is 0 Å². The minimum atomic E-state index is -3.33. The molecule has 0 aliphatic rings. The van der Waals surface area contributed by atoms with E-state index < -0.39 is 43.6 Å². The van der Waals surface area contributed by atoms with Crippen molar-refractivity contribution in [2.45, 2.75) is 12.5 Å². The summed E-state index contributed by atoms with van der Waals surface area (Å²) in [7, 11) is -0.843. The van der Waals surface area contributed by atoms with Gasteiger partial charge < -0.3 is 19.0 Å². The molecule has 10 heteroatoms. The van der Waals surface area contributed by atoms with Gasteiger partial charge in [0.1, 0.15) is 5.69 Å². The van der Waals surface area contributed by atoms with Gasteiger partial charge in [-0.1, -0.05) is 0 Å². The van der Waals surface area contributed by atoms with Gasteiger partial charge in [0.2, 0.25) is 5.82 Å². The second-order valence-electron chi connectivity index (χ2n) is 4.10. The van der Waals surface area contributed by atoms with Gasteiger partial charge in [-0.2, -0.15) is 0 Å². The Kier molecular flexibility index (Phi) is 6.07. The summed E-state index contributed by atoms with van der Waals surface area (Å²) in [6, 6.07) is 0.0579. The van der Waals surface area contributed by atoms with E-state index in [4.69, 9.17) is 8.85 Å². The maximum Gasteiger partial charge on any atom is 0.497 e. The summed E-state index contributed by atoms with van der Waals surface area (Å²) < 4.78 is 74.9. The first-order chi connectivity index (χ1) is 9.77. The largest absolute Gasteiger partial charge is 0.497 e. The maximum atomic E-state index is 13.3. The van der Waals surface area contributed by atoms with Crippen molar-refractivity contribution in [3.8, 4) is 0 Å². The highest BCUT2D eigenvalue weighted by Gasteiger charge is 2.33. The number of hydrogen-bond donors (Lipinski definition) is 2. The lowest BCUT2D eigenvalue weighted by Gasteiger charge is -2.19. The number of rotatable bonds is 7. The van der Waals surface area contributed by atoms with E-state index in [1.807, 2.05) is 0 Å². The summed E-state index contributed by atoms with van der Waals surface area (Å²) in [6.45, 7) is -0.139.